The fourth-order valence-electron chi connectivity index (χ4n) is 4.07. The molecule has 1 aliphatic heterocycles. The summed E-state index contributed by atoms with van der Waals surface area (Å²) in [7, 11) is 0. The van der Waals surface area contributed by atoms with E-state index in [1.165, 1.54) is 11.2 Å². The van der Waals surface area contributed by atoms with Crippen LogP contribution in [-0.4, -0.2) is 30.4 Å². The van der Waals surface area contributed by atoms with Crippen molar-refractivity contribution in [1.82, 2.24) is 0 Å². The number of ether oxygens (including phenoxy) is 1. The molecule has 4 rings (SSSR count). The van der Waals surface area contributed by atoms with Crippen molar-refractivity contribution >= 4 is 22.6 Å². The number of aromatic hydroxyl groups is 1. The van der Waals surface area contributed by atoms with Crippen molar-refractivity contribution < 1.29 is 19.2 Å². The SMILES string of the molecule is C[C@@H]1C[NH+](Cc2c(O)ccc3c(=O)c(-c4ccccc4Cl)coc23)C[C@H](C)O1. The highest BCUT2D eigenvalue weighted by atomic mass is 35.5. The molecule has 146 valence electrons. The number of fused-ring (bicyclic) bond motifs is 1. The Morgan fingerprint density at radius 1 is 1.11 bits per heavy atom. The lowest BCUT2D eigenvalue weighted by atomic mass is 10.0. The number of hydrogen-bond acceptors (Lipinski definition) is 4. The van der Waals surface area contributed by atoms with Gasteiger partial charge in [0.05, 0.1) is 16.5 Å². The Labute approximate surface area is 168 Å². The quantitative estimate of drug-likeness (QED) is 0.709. The smallest absolute Gasteiger partial charge is 0.200 e. The van der Waals surface area contributed by atoms with Crippen LogP contribution in [0.1, 0.15) is 19.4 Å². The van der Waals surface area contributed by atoms with Gasteiger partial charge in [-0.1, -0.05) is 29.8 Å². The molecule has 3 aromatic rings. The molecule has 0 aliphatic carbocycles. The maximum atomic E-state index is 13.1. The molecule has 6 heteroatoms. The van der Waals surface area contributed by atoms with Crippen molar-refractivity contribution in [3.8, 4) is 16.9 Å². The van der Waals surface area contributed by atoms with Crippen LogP contribution in [0, 0.1) is 0 Å². The van der Waals surface area contributed by atoms with Gasteiger partial charge in [-0.2, -0.15) is 0 Å². The Hall–Kier alpha value is -2.34. The van der Waals surface area contributed by atoms with E-state index < -0.39 is 0 Å². The molecule has 1 aromatic heterocycles. The monoisotopic (exact) mass is 400 g/mol. The molecule has 2 heterocycles. The number of phenolic OH excluding ortho intramolecular Hbond substituents is 1. The fraction of sp³-hybridized carbons (Fsp3) is 0.318. The van der Waals surface area contributed by atoms with Crippen molar-refractivity contribution in [2.45, 2.75) is 32.6 Å². The normalized spacial score (nSPS) is 22.5. The number of phenols is 1. The first-order chi connectivity index (χ1) is 13.4. The van der Waals surface area contributed by atoms with E-state index in [1.807, 2.05) is 12.1 Å². The van der Waals surface area contributed by atoms with E-state index in [0.717, 1.165) is 13.1 Å². The first kappa shape index (κ1) is 19.0. The van der Waals surface area contributed by atoms with Crippen LogP contribution >= 0.6 is 11.6 Å². The lowest BCUT2D eigenvalue weighted by Gasteiger charge is -2.32. The second-order valence-corrected chi connectivity index (χ2v) is 7.90. The lowest BCUT2D eigenvalue weighted by Crippen LogP contribution is -3.14. The van der Waals surface area contributed by atoms with Gasteiger partial charge in [-0.05, 0) is 32.0 Å². The summed E-state index contributed by atoms with van der Waals surface area (Å²) in [4.78, 5) is 14.4. The second-order valence-electron chi connectivity index (χ2n) is 7.49. The Bertz CT molecular complexity index is 1070. The maximum Gasteiger partial charge on any atom is 0.200 e. The van der Waals surface area contributed by atoms with Gasteiger partial charge in [0.2, 0.25) is 5.43 Å². The Morgan fingerprint density at radius 3 is 2.54 bits per heavy atom. The van der Waals surface area contributed by atoms with Crippen LogP contribution in [0.15, 0.2) is 51.9 Å². The molecule has 0 saturated carbocycles. The maximum absolute atomic E-state index is 13.1. The molecule has 0 spiro atoms. The summed E-state index contributed by atoms with van der Waals surface area (Å²) in [5, 5.41) is 11.4. The topological polar surface area (TPSA) is 64.1 Å². The minimum atomic E-state index is -0.158. The van der Waals surface area contributed by atoms with E-state index in [0.29, 0.717) is 39.2 Å². The first-order valence-corrected chi connectivity index (χ1v) is 9.82. The number of halogens is 1. The third-order valence-corrected chi connectivity index (χ3v) is 5.56. The Morgan fingerprint density at radius 2 is 1.82 bits per heavy atom. The summed E-state index contributed by atoms with van der Waals surface area (Å²) in [6.07, 6.45) is 1.73. The van der Waals surface area contributed by atoms with Gasteiger partial charge < -0.3 is 19.2 Å². The van der Waals surface area contributed by atoms with E-state index in [2.05, 4.69) is 13.8 Å². The molecular formula is C22H23ClNO4+. The molecule has 1 aliphatic rings. The van der Waals surface area contributed by atoms with Gasteiger partial charge in [-0.25, -0.2) is 0 Å². The number of rotatable bonds is 3. The van der Waals surface area contributed by atoms with Crippen molar-refractivity contribution in [1.29, 1.82) is 0 Å². The molecule has 1 fully saturated rings. The Balaban J connectivity index is 1.78. The standard InChI is InChI=1S/C22H22ClNO4/c1-13-9-24(10-14(2)28-13)11-17-20(25)8-7-16-21(26)18(12-27-22(16)17)15-5-3-4-6-19(15)23/h3-8,12-14,25H,9-11H2,1-2H3/p+1/t13-,14+. The fourth-order valence-corrected chi connectivity index (χ4v) is 4.30. The van der Waals surface area contributed by atoms with Crippen LogP contribution in [0.25, 0.3) is 22.1 Å². The zero-order chi connectivity index (χ0) is 19.8. The molecule has 0 amide bonds. The minimum Gasteiger partial charge on any atom is -0.507 e. The Kier molecular flexibility index (Phi) is 5.15. The lowest BCUT2D eigenvalue weighted by molar-refractivity contribution is -0.928. The van der Waals surface area contributed by atoms with Gasteiger partial charge in [-0.15, -0.1) is 0 Å². The molecule has 5 nitrogen and oxygen atoms in total. The van der Waals surface area contributed by atoms with Crippen LogP contribution in [0.3, 0.4) is 0 Å². The van der Waals surface area contributed by atoms with E-state index >= 15 is 0 Å². The molecule has 1 saturated heterocycles. The van der Waals surface area contributed by atoms with Crippen LogP contribution in [0.2, 0.25) is 5.02 Å². The zero-order valence-corrected chi connectivity index (χ0v) is 16.6. The molecule has 2 N–H and O–H groups in total. The summed E-state index contributed by atoms with van der Waals surface area (Å²) in [5.41, 5.74) is 1.97. The predicted molar refractivity (Wildman–Crippen MR) is 109 cm³/mol. The summed E-state index contributed by atoms with van der Waals surface area (Å²) < 4.78 is 11.7. The van der Waals surface area contributed by atoms with Gasteiger partial charge in [0, 0.05) is 10.6 Å². The summed E-state index contributed by atoms with van der Waals surface area (Å²) in [5.74, 6) is 0.139. The molecular weight excluding hydrogens is 378 g/mol. The van der Waals surface area contributed by atoms with Gasteiger partial charge >= 0.3 is 0 Å². The van der Waals surface area contributed by atoms with E-state index in [-0.39, 0.29) is 23.4 Å². The molecule has 2 aromatic carbocycles. The summed E-state index contributed by atoms with van der Waals surface area (Å²) in [6, 6.07) is 10.4. The third-order valence-electron chi connectivity index (χ3n) is 5.23. The highest BCUT2D eigenvalue weighted by molar-refractivity contribution is 6.33. The van der Waals surface area contributed by atoms with E-state index in [9.17, 15) is 9.90 Å². The van der Waals surface area contributed by atoms with Crippen LogP contribution in [-0.2, 0) is 11.3 Å². The molecule has 28 heavy (non-hydrogen) atoms. The van der Waals surface area contributed by atoms with Crippen LogP contribution in [0.4, 0.5) is 0 Å². The van der Waals surface area contributed by atoms with Crippen LogP contribution < -0.4 is 10.3 Å². The summed E-state index contributed by atoms with van der Waals surface area (Å²) in [6.45, 7) is 6.34. The highest BCUT2D eigenvalue weighted by Gasteiger charge is 2.28. The molecule has 0 radical (unpaired) electrons. The average Bonchev–Trinajstić information content (AvgIpc) is 2.64. The van der Waals surface area contributed by atoms with Crippen LogP contribution in [0.5, 0.6) is 5.75 Å². The number of nitrogens with one attached hydrogen (secondary N) is 1. The first-order valence-electron chi connectivity index (χ1n) is 9.44. The van der Waals surface area contributed by atoms with Crippen molar-refractivity contribution in [3.63, 3.8) is 0 Å². The number of benzene rings is 2. The van der Waals surface area contributed by atoms with Gasteiger partial charge in [0.1, 0.15) is 49.4 Å². The van der Waals surface area contributed by atoms with Crippen molar-refractivity contribution in [2.24, 2.45) is 0 Å². The number of hydrogen-bond donors (Lipinski definition) is 2. The van der Waals surface area contributed by atoms with E-state index in [4.69, 9.17) is 20.8 Å². The third kappa shape index (κ3) is 3.53. The van der Waals surface area contributed by atoms with Gasteiger partial charge in [0.15, 0.2) is 0 Å². The number of quaternary nitrogens is 1. The minimum absolute atomic E-state index is 0.139. The van der Waals surface area contributed by atoms with Gasteiger partial charge in [-0.3, -0.25) is 4.79 Å². The van der Waals surface area contributed by atoms with Gasteiger partial charge in [0.25, 0.3) is 0 Å². The number of morpholine rings is 1. The molecule has 0 bridgehead atoms. The molecule has 1 unspecified atom stereocenters. The van der Waals surface area contributed by atoms with Crippen molar-refractivity contribution in [2.75, 3.05) is 13.1 Å². The largest absolute Gasteiger partial charge is 0.507 e. The van der Waals surface area contributed by atoms with Crippen molar-refractivity contribution in [3.05, 3.63) is 63.5 Å². The highest BCUT2D eigenvalue weighted by Crippen LogP contribution is 2.30. The zero-order valence-electron chi connectivity index (χ0n) is 15.9. The summed E-state index contributed by atoms with van der Waals surface area (Å²) >= 11 is 6.26. The predicted octanol–water partition coefficient (Wildman–Crippen LogP) is 3.01. The van der Waals surface area contributed by atoms with E-state index in [1.54, 1.807) is 24.3 Å². The molecule has 3 atom stereocenters. The second kappa shape index (κ2) is 7.59. The average molecular weight is 401 g/mol.